The van der Waals surface area contributed by atoms with Crippen LogP contribution in [0.1, 0.15) is 85.3 Å². The van der Waals surface area contributed by atoms with Gasteiger partial charge in [-0.05, 0) is 13.0 Å². The number of carboxylic acid groups (broad SMARTS) is 2. The van der Waals surface area contributed by atoms with Gasteiger partial charge in [0.2, 0.25) is 0 Å². The fourth-order valence-corrected chi connectivity index (χ4v) is 2.59. The van der Waals surface area contributed by atoms with Crippen LogP contribution < -0.4 is 0 Å². The molecule has 0 radical (unpaired) electrons. The van der Waals surface area contributed by atoms with Crippen molar-refractivity contribution in [1.29, 1.82) is 0 Å². The molecule has 0 spiro atoms. The molecule has 0 unspecified atom stereocenters. The van der Waals surface area contributed by atoms with E-state index in [9.17, 15) is 9.59 Å². The van der Waals surface area contributed by atoms with Crippen LogP contribution in [0.4, 0.5) is 0 Å². The minimum atomic E-state index is -0.835. The van der Waals surface area contributed by atoms with Gasteiger partial charge in [-0.25, -0.2) is 0 Å². The highest BCUT2D eigenvalue weighted by molar-refractivity contribution is 5.67. The summed E-state index contributed by atoms with van der Waals surface area (Å²) < 4.78 is 7.08. The lowest BCUT2D eigenvalue weighted by Gasteiger charge is -2.20. The fourth-order valence-electron chi connectivity index (χ4n) is 2.59. The van der Waals surface area contributed by atoms with Gasteiger partial charge in [0.1, 0.15) is 0 Å². The summed E-state index contributed by atoms with van der Waals surface area (Å²) in [7, 11) is 0. The topological polar surface area (TPSA) is 77.8 Å². The van der Waals surface area contributed by atoms with E-state index in [1.54, 1.807) is 0 Å². The summed E-state index contributed by atoms with van der Waals surface area (Å²) in [6.45, 7) is 2.20. The fraction of sp³-hybridized carbons (Fsp3) is 0.889. The van der Waals surface area contributed by atoms with Crippen molar-refractivity contribution in [2.75, 3.05) is 19.6 Å². The molecule has 0 atom stereocenters. The van der Waals surface area contributed by atoms with Crippen molar-refractivity contribution in [1.82, 2.24) is 4.90 Å². The predicted octanol–water partition coefficient (Wildman–Crippen LogP) is 4.16. The van der Waals surface area contributed by atoms with Gasteiger partial charge in [0.15, 0.2) is 0 Å². The minimum Gasteiger partial charge on any atom is -0.481 e. The van der Waals surface area contributed by atoms with Crippen LogP contribution in [0.5, 0.6) is 0 Å². The highest BCUT2D eigenvalue weighted by Gasteiger charge is 2.09. The summed E-state index contributed by atoms with van der Waals surface area (Å²) in [4.78, 5) is 23.3. The lowest BCUT2D eigenvalue weighted by Crippen LogP contribution is -2.30. The SMILES string of the molecule is [2H]CCCCCCCCCCCCN(CCC(=O)O)CCC(=O)O. The summed E-state index contributed by atoms with van der Waals surface area (Å²) in [5.41, 5.74) is 0. The molecule has 0 fully saturated rings. The number of aliphatic carboxylic acids is 2. The van der Waals surface area contributed by atoms with E-state index in [1.807, 2.05) is 4.90 Å². The Hall–Kier alpha value is -1.10. The standard InChI is InChI=1S/C18H35NO4/c1-2-3-4-5-6-7-8-9-10-11-14-19(15-12-17(20)21)16-13-18(22)23/h2-16H2,1H3,(H,20,21)(H,22,23)/i1D. The second kappa shape index (κ2) is 15.8. The first-order valence-electron chi connectivity index (χ1n) is 9.72. The zero-order valence-electron chi connectivity index (χ0n) is 15.5. The van der Waals surface area contributed by atoms with Gasteiger partial charge in [0.05, 0.1) is 12.8 Å². The molecule has 0 bridgehead atoms. The molecule has 0 saturated heterocycles. The van der Waals surface area contributed by atoms with Gasteiger partial charge < -0.3 is 15.1 Å². The minimum absolute atomic E-state index is 0.0693. The van der Waals surface area contributed by atoms with E-state index in [0.717, 1.165) is 25.8 Å². The highest BCUT2D eigenvalue weighted by atomic mass is 16.4. The van der Waals surface area contributed by atoms with Crippen molar-refractivity contribution in [3.8, 4) is 0 Å². The van der Waals surface area contributed by atoms with E-state index in [-0.39, 0.29) is 12.8 Å². The second-order valence-corrected chi connectivity index (χ2v) is 6.16. The lowest BCUT2D eigenvalue weighted by atomic mass is 10.1. The summed E-state index contributed by atoms with van der Waals surface area (Å²) in [5.74, 6) is -1.67. The molecule has 0 saturated carbocycles. The molecule has 0 rings (SSSR count). The van der Waals surface area contributed by atoms with E-state index < -0.39 is 11.9 Å². The van der Waals surface area contributed by atoms with Crippen LogP contribution in [0.3, 0.4) is 0 Å². The molecular formula is C18H35NO4. The normalized spacial score (nSPS) is 11.6. The average Bonchev–Trinajstić information content (AvgIpc) is 2.54. The van der Waals surface area contributed by atoms with Crippen LogP contribution >= 0.6 is 0 Å². The maximum atomic E-state index is 10.6. The predicted molar refractivity (Wildman–Crippen MR) is 92.8 cm³/mol. The van der Waals surface area contributed by atoms with Crippen molar-refractivity contribution >= 4 is 11.9 Å². The van der Waals surface area contributed by atoms with Crippen molar-refractivity contribution in [2.24, 2.45) is 0 Å². The van der Waals surface area contributed by atoms with Gasteiger partial charge in [-0.2, -0.15) is 0 Å². The molecule has 5 nitrogen and oxygen atoms in total. The molecule has 2 N–H and O–H groups in total. The van der Waals surface area contributed by atoms with Crippen molar-refractivity contribution in [3.63, 3.8) is 0 Å². The number of carboxylic acids is 2. The number of carbonyl (C=O) groups is 2. The highest BCUT2D eigenvalue weighted by Crippen LogP contribution is 2.11. The van der Waals surface area contributed by atoms with Crippen LogP contribution in [0.2, 0.25) is 0 Å². The molecule has 0 aliphatic heterocycles. The Labute approximate surface area is 142 Å². The maximum Gasteiger partial charge on any atom is 0.304 e. The number of unbranched alkanes of at least 4 members (excludes halogenated alkanes) is 9. The zero-order valence-corrected chi connectivity index (χ0v) is 14.5. The second-order valence-electron chi connectivity index (χ2n) is 6.16. The maximum absolute atomic E-state index is 10.6. The molecule has 23 heavy (non-hydrogen) atoms. The molecule has 0 heterocycles. The smallest absolute Gasteiger partial charge is 0.304 e. The third-order valence-electron chi connectivity index (χ3n) is 4.01. The third-order valence-corrected chi connectivity index (χ3v) is 4.01. The van der Waals surface area contributed by atoms with Crippen molar-refractivity contribution in [3.05, 3.63) is 0 Å². The molecule has 0 aliphatic carbocycles. The largest absolute Gasteiger partial charge is 0.481 e. The van der Waals surface area contributed by atoms with Crippen LogP contribution in [0.25, 0.3) is 0 Å². The van der Waals surface area contributed by atoms with Crippen LogP contribution in [-0.4, -0.2) is 46.7 Å². The number of nitrogens with zero attached hydrogens (tertiary/aromatic N) is 1. The quantitative estimate of drug-likeness (QED) is 0.392. The summed E-state index contributed by atoms with van der Waals surface area (Å²) in [6.07, 6.45) is 12.0. The molecular weight excluding hydrogens is 294 g/mol. The summed E-state index contributed by atoms with van der Waals surface area (Å²) >= 11 is 0. The van der Waals surface area contributed by atoms with E-state index in [0.29, 0.717) is 20.0 Å². The molecule has 0 aliphatic rings. The number of hydrogen-bond acceptors (Lipinski definition) is 3. The lowest BCUT2D eigenvalue weighted by molar-refractivity contribution is -0.137. The van der Waals surface area contributed by atoms with E-state index in [1.165, 1.54) is 44.9 Å². The van der Waals surface area contributed by atoms with Gasteiger partial charge in [-0.15, -0.1) is 0 Å². The Balaban J connectivity index is 3.56. The Morgan fingerprint density at radius 1 is 0.739 bits per heavy atom. The van der Waals surface area contributed by atoms with Gasteiger partial charge in [-0.3, -0.25) is 9.59 Å². The summed E-state index contributed by atoms with van der Waals surface area (Å²) in [5, 5.41) is 17.5. The molecule has 0 aromatic carbocycles. The first kappa shape index (κ1) is 19.9. The van der Waals surface area contributed by atoms with E-state index in [4.69, 9.17) is 11.6 Å². The third kappa shape index (κ3) is 17.1. The summed E-state index contributed by atoms with van der Waals surface area (Å²) in [6, 6.07) is 0. The molecule has 136 valence electrons. The monoisotopic (exact) mass is 330 g/mol. The van der Waals surface area contributed by atoms with Gasteiger partial charge in [-0.1, -0.05) is 64.7 Å². The van der Waals surface area contributed by atoms with Crippen molar-refractivity contribution < 1.29 is 21.2 Å². The molecule has 0 aromatic heterocycles. The average molecular weight is 330 g/mol. The van der Waals surface area contributed by atoms with E-state index in [2.05, 4.69) is 0 Å². The Morgan fingerprint density at radius 2 is 1.17 bits per heavy atom. The van der Waals surface area contributed by atoms with Gasteiger partial charge >= 0.3 is 11.9 Å². The Morgan fingerprint density at radius 3 is 1.61 bits per heavy atom. The number of rotatable bonds is 17. The molecule has 5 heteroatoms. The van der Waals surface area contributed by atoms with Gasteiger partial charge in [0, 0.05) is 14.5 Å². The Bertz CT molecular complexity index is 308. The number of hydrogen-bond donors (Lipinski definition) is 2. The van der Waals surface area contributed by atoms with Crippen LogP contribution in [-0.2, 0) is 9.59 Å². The first-order chi connectivity index (χ1) is 11.6. The first-order valence-corrected chi connectivity index (χ1v) is 9.01. The molecule has 0 aromatic rings. The Kier molecular flexibility index (Phi) is 13.7. The molecule has 0 amide bonds. The van der Waals surface area contributed by atoms with Crippen LogP contribution in [0, 0.1) is 0 Å². The van der Waals surface area contributed by atoms with Gasteiger partial charge in [0.25, 0.3) is 0 Å². The van der Waals surface area contributed by atoms with E-state index >= 15 is 0 Å². The van der Waals surface area contributed by atoms with Crippen LogP contribution in [0.15, 0.2) is 0 Å². The zero-order chi connectivity index (χ0) is 18.0. The van der Waals surface area contributed by atoms with Crippen molar-refractivity contribution in [2.45, 2.75) is 83.9 Å².